The molecule has 1 aliphatic rings. The van der Waals surface area contributed by atoms with Crippen LogP contribution in [0.15, 0.2) is 18.7 Å². The average molecular weight is 323 g/mol. The van der Waals surface area contributed by atoms with Crippen molar-refractivity contribution in [3.63, 3.8) is 0 Å². The number of hydrogen-bond acceptors (Lipinski definition) is 6. The first-order valence-electron chi connectivity index (χ1n) is 7.24. The lowest BCUT2D eigenvalue weighted by molar-refractivity contribution is 0.0874. The Bertz CT molecular complexity index is 661. The first-order chi connectivity index (χ1) is 10.6. The third-order valence-electron chi connectivity index (χ3n) is 4.12. The quantitative estimate of drug-likeness (QED) is 0.887. The maximum absolute atomic E-state index is 10.6. The number of imidazole rings is 1. The molecule has 0 aliphatic carbocycles. The Morgan fingerprint density at radius 2 is 2.23 bits per heavy atom. The van der Waals surface area contributed by atoms with Crippen molar-refractivity contribution < 1.29 is 5.11 Å². The van der Waals surface area contributed by atoms with E-state index >= 15 is 0 Å². The fraction of sp³-hybridized carbons (Fsp3) is 0.500. The van der Waals surface area contributed by atoms with Crippen LogP contribution >= 0.6 is 11.6 Å². The number of nitrogens with zero attached hydrogens (tertiary/aromatic N) is 5. The van der Waals surface area contributed by atoms with Crippen molar-refractivity contribution in [1.82, 2.24) is 19.5 Å². The fourth-order valence-electron chi connectivity index (χ4n) is 2.93. The first-order valence-corrected chi connectivity index (χ1v) is 7.62. The van der Waals surface area contributed by atoms with Gasteiger partial charge in [-0.05, 0) is 12.8 Å². The second kappa shape index (κ2) is 6.10. The Morgan fingerprint density at radius 3 is 2.95 bits per heavy atom. The zero-order valence-electron chi connectivity index (χ0n) is 12.4. The molecule has 2 aromatic heterocycles. The molecule has 118 valence electrons. The van der Waals surface area contributed by atoms with Crippen LogP contribution in [0.1, 0.15) is 24.8 Å². The molecule has 2 atom stereocenters. The molecule has 0 amide bonds. The highest BCUT2D eigenvalue weighted by atomic mass is 35.5. The Morgan fingerprint density at radius 1 is 1.41 bits per heavy atom. The maximum Gasteiger partial charge on any atom is 0.153 e. The molecule has 1 fully saturated rings. The van der Waals surface area contributed by atoms with Gasteiger partial charge >= 0.3 is 0 Å². The maximum atomic E-state index is 10.6. The highest BCUT2D eigenvalue weighted by molar-refractivity contribution is 6.35. The predicted octanol–water partition coefficient (Wildman–Crippen LogP) is 1.40. The third-order valence-corrected chi connectivity index (χ3v) is 4.49. The number of hydrogen-bond donors (Lipinski definition) is 2. The van der Waals surface area contributed by atoms with Crippen molar-refractivity contribution in [1.29, 1.82) is 0 Å². The molecule has 8 heteroatoms. The molecule has 3 rings (SSSR count). The molecule has 0 unspecified atom stereocenters. The second-order valence-corrected chi connectivity index (χ2v) is 5.96. The summed E-state index contributed by atoms with van der Waals surface area (Å²) < 4.78 is 1.85. The molecule has 3 heterocycles. The van der Waals surface area contributed by atoms with Crippen LogP contribution in [0.2, 0.25) is 5.02 Å². The topological polar surface area (TPSA) is 93.1 Å². The third kappa shape index (κ3) is 2.74. The van der Waals surface area contributed by atoms with Gasteiger partial charge in [-0.1, -0.05) is 11.6 Å². The number of aliphatic hydroxyl groups excluding tert-OH is 1. The van der Waals surface area contributed by atoms with Gasteiger partial charge in [-0.15, -0.1) is 0 Å². The SMILES string of the molecule is Cn1ccnc1[C@H](O)[C@@H]1CCCN(c2ncnc(N)c2Cl)C1. The molecule has 0 spiro atoms. The first kappa shape index (κ1) is 15.1. The van der Waals surface area contributed by atoms with E-state index in [0.29, 0.717) is 23.2 Å². The molecule has 0 bridgehead atoms. The van der Waals surface area contributed by atoms with Crippen LogP contribution in [0, 0.1) is 5.92 Å². The Kier molecular flexibility index (Phi) is 4.17. The van der Waals surface area contributed by atoms with E-state index in [4.69, 9.17) is 17.3 Å². The van der Waals surface area contributed by atoms with Crippen molar-refractivity contribution in [3.8, 4) is 0 Å². The van der Waals surface area contributed by atoms with E-state index in [9.17, 15) is 5.11 Å². The van der Waals surface area contributed by atoms with Crippen molar-refractivity contribution in [2.24, 2.45) is 13.0 Å². The van der Waals surface area contributed by atoms with Crippen molar-refractivity contribution in [3.05, 3.63) is 29.6 Å². The molecule has 0 aromatic carbocycles. The predicted molar refractivity (Wildman–Crippen MR) is 84.6 cm³/mol. The molecule has 0 saturated carbocycles. The Balaban J connectivity index is 1.80. The van der Waals surface area contributed by atoms with Crippen molar-refractivity contribution in [2.75, 3.05) is 23.7 Å². The summed E-state index contributed by atoms with van der Waals surface area (Å²) in [5.41, 5.74) is 5.75. The largest absolute Gasteiger partial charge is 0.385 e. The highest BCUT2D eigenvalue weighted by Gasteiger charge is 2.30. The summed E-state index contributed by atoms with van der Waals surface area (Å²) in [5, 5.41) is 11.0. The zero-order valence-corrected chi connectivity index (χ0v) is 13.1. The second-order valence-electron chi connectivity index (χ2n) is 5.59. The number of aryl methyl sites for hydroxylation is 1. The number of nitrogen functional groups attached to an aromatic ring is 1. The molecular formula is C14H19ClN6O. The van der Waals surface area contributed by atoms with Crippen LogP contribution in [0.4, 0.5) is 11.6 Å². The number of halogens is 1. The average Bonchev–Trinajstić information content (AvgIpc) is 2.95. The molecule has 1 saturated heterocycles. The van der Waals surface area contributed by atoms with Crippen LogP contribution in [-0.4, -0.2) is 37.7 Å². The standard InChI is InChI=1S/C14H19ClN6O/c1-20-6-4-17-14(20)11(22)9-3-2-5-21(7-9)13-10(15)12(16)18-8-19-13/h4,6,8-9,11,22H,2-3,5,7H2,1H3,(H2,16,18,19)/t9-,11-/m1/s1. The van der Waals surface area contributed by atoms with E-state index in [1.165, 1.54) is 6.33 Å². The normalized spacial score (nSPS) is 20.1. The molecule has 1 aliphatic heterocycles. The number of aliphatic hydroxyl groups is 1. The number of aromatic nitrogens is 4. The van der Waals surface area contributed by atoms with Gasteiger partial charge in [0.25, 0.3) is 0 Å². The molecular weight excluding hydrogens is 304 g/mol. The van der Waals surface area contributed by atoms with E-state index in [2.05, 4.69) is 19.9 Å². The van der Waals surface area contributed by atoms with Gasteiger partial charge < -0.3 is 20.3 Å². The summed E-state index contributed by atoms with van der Waals surface area (Å²) >= 11 is 6.21. The molecule has 3 N–H and O–H groups in total. The lowest BCUT2D eigenvalue weighted by atomic mass is 9.92. The van der Waals surface area contributed by atoms with Crippen molar-refractivity contribution in [2.45, 2.75) is 18.9 Å². The van der Waals surface area contributed by atoms with E-state index in [-0.39, 0.29) is 11.7 Å². The monoisotopic (exact) mass is 322 g/mol. The summed E-state index contributed by atoms with van der Waals surface area (Å²) in [6, 6.07) is 0. The Hall–Kier alpha value is -1.86. The summed E-state index contributed by atoms with van der Waals surface area (Å²) in [5.74, 6) is 1.66. The van der Waals surface area contributed by atoms with E-state index in [1.54, 1.807) is 6.20 Å². The molecule has 22 heavy (non-hydrogen) atoms. The molecule has 2 aromatic rings. The smallest absolute Gasteiger partial charge is 0.153 e. The summed E-state index contributed by atoms with van der Waals surface area (Å²) in [6.07, 6.45) is 6.22. The van der Waals surface area contributed by atoms with Gasteiger partial charge in [-0.3, -0.25) is 0 Å². The van der Waals surface area contributed by atoms with Crippen LogP contribution < -0.4 is 10.6 Å². The van der Waals surface area contributed by atoms with Gasteiger partial charge in [0.05, 0.1) is 0 Å². The van der Waals surface area contributed by atoms with Gasteiger partial charge in [0.1, 0.15) is 29.1 Å². The zero-order chi connectivity index (χ0) is 15.7. The minimum atomic E-state index is -0.610. The van der Waals surface area contributed by atoms with Gasteiger partial charge in [0, 0.05) is 38.4 Å². The fourth-order valence-corrected chi connectivity index (χ4v) is 3.14. The van der Waals surface area contributed by atoms with E-state index in [1.807, 2.05) is 17.8 Å². The molecule has 0 radical (unpaired) electrons. The minimum absolute atomic E-state index is 0.0714. The van der Waals surface area contributed by atoms with Crippen LogP contribution in [-0.2, 0) is 7.05 Å². The van der Waals surface area contributed by atoms with Gasteiger partial charge in [0.2, 0.25) is 0 Å². The highest BCUT2D eigenvalue weighted by Crippen LogP contribution is 2.34. The number of rotatable bonds is 3. The summed E-state index contributed by atoms with van der Waals surface area (Å²) in [4.78, 5) is 14.4. The van der Waals surface area contributed by atoms with Gasteiger partial charge in [0.15, 0.2) is 5.82 Å². The van der Waals surface area contributed by atoms with Gasteiger partial charge in [-0.25, -0.2) is 15.0 Å². The summed E-state index contributed by atoms with van der Waals surface area (Å²) in [7, 11) is 1.88. The van der Waals surface area contributed by atoms with Crippen molar-refractivity contribution >= 4 is 23.2 Å². The van der Waals surface area contributed by atoms with Crippen LogP contribution in [0.3, 0.4) is 0 Å². The number of anilines is 2. The van der Waals surface area contributed by atoms with Crippen LogP contribution in [0.25, 0.3) is 0 Å². The van der Waals surface area contributed by atoms with E-state index in [0.717, 1.165) is 19.4 Å². The van der Waals surface area contributed by atoms with Gasteiger partial charge in [-0.2, -0.15) is 0 Å². The van der Waals surface area contributed by atoms with Crippen LogP contribution in [0.5, 0.6) is 0 Å². The molecule has 7 nitrogen and oxygen atoms in total. The number of piperidine rings is 1. The Labute approximate surface area is 133 Å². The van der Waals surface area contributed by atoms with E-state index < -0.39 is 6.10 Å². The lowest BCUT2D eigenvalue weighted by Crippen LogP contribution is -2.39. The summed E-state index contributed by atoms with van der Waals surface area (Å²) in [6.45, 7) is 1.49. The lowest BCUT2D eigenvalue weighted by Gasteiger charge is -2.35. The minimum Gasteiger partial charge on any atom is -0.385 e. The number of nitrogens with two attached hydrogens (primary N) is 1.